The Kier molecular flexibility index (Phi) is 5.69. The van der Waals surface area contributed by atoms with Gasteiger partial charge in [0, 0.05) is 11.6 Å². The fourth-order valence-corrected chi connectivity index (χ4v) is 3.82. The van der Waals surface area contributed by atoms with Crippen molar-refractivity contribution >= 4 is 5.97 Å². The summed E-state index contributed by atoms with van der Waals surface area (Å²) < 4.78 is 81.6. The van der Waals surface area contributed by atoms with E-state index < -0.39 is 64.9 Å². The SMILES string of the molecule is CCC1(C(=O)O)C(c2ccc(F)cc2C(F)(F)F)C(C#N)=C(C)NC1C(F)F. The van der Waals surface area contributed by atoms with Gasteiger partial charge in [-0.15, -0.1) is 0 Å². The summed E-state index contributed by atoms with van der Waals surface area (Å²) in [7, 11) is 0. The van der Waals surface area contributed by atoms with E-state index in [0.29, 0.717) is 12.1 Å². The van der Waals surface area contributed by atoms with Crippen LogP contribution in [0.15, 0.2) is 29.5 Å². The van der Waals surface area contributed by atoms with Crippen LogP contribution in [0.5, 0.6) is 0 Å². The van der Waals surface area contributed by atoms with Crippen molar-refractivity contribution in [3.8, 4) is 6.07 Å². The Balaban J connectivity index is 2.97. The number of rotatable bonds is 4. The van der Waals surface area contributed by atoms with E-state index in [1.54, 1.807) is 6.07 Å². The predicted molar refractivity (Wildman–Crippen MR) is 85.7 cm³/mol. The molecular formula is C18H16F6N2O2. The number of halogens is 6. The van der Waals surface area contributed by atoms with Crippen LogP contribution in [0, 0.1) is 22.6 Å². The molecule has 0 radical (unpaired) electrons. The Morgan fingerprint density at radius 1 is 1.39 bits per heavy atom. The highest BCUT2D eigenvalue weighted by molar-refractivity contribution is 5.80. The highest BCUT2D eigenvalue weighted by atomic mass is 19.4. The van der Waals surface area contributed by atoms with Gasteiger partial charge in [-0.05, 0) is 31.0 Å². The van der Waals surface area contributed by atoms with Gasteiger partial charge in [0.2, 0.25) is 0 Å². The minimum absolute atomic E-state index is 0.152. The largest absolute Gasteiger partial charge is 0.481 e. The average molecular weight is 406 g/mol. The molecule has 4 nitrogen and oxygen atoms in total. The molecule has 152 valence electrons. The molecule has 2 rings (SSSR count). The number of carboxylic acid groups (broad SMARTS) is 1. The molecule has 0 spiro atoms. The minimum Gasteiger partial charge on any atom is -0.481 e. The highest BCUT2D eigenvalue weighted by Crippen LogP contribution is 2.53. The summed E-state index contributed by atoms with van der Waals surface area (Å²) in [6.45, 7) is 2.45. The van der Waals surface area contributed by atoms with Crippen molar-refractivity contribution in [3.05, 3.63) is 46.4 Å². The number of hydrogen-bond acceptors (Lipinski definition) is 3. The van der Waals surface area contributed by atoms with Crippen molar-refractivity contribution in [1.82, 2.24) is 5.32 Å². The third kappa shape index (κ3) is 3.30. The number of nitrogens with zero attached hydrogens (tertiary/aromatic N) is 1. The monoisotopic (exact) mass is 406 g/mol. The summed E-state index contributed by atoms with van der Waals surface area (Å²) in [4.78, 5) is 12.1. The summed E-state index contributed by atoms with van der Waals surface area (Å²) in [5.74, 6) is -4.86. The van der Waals surface area contributed by atoms with Crippen molar-refractivity contribution in [3.63, 3.8) is 0 Å². The van der Waals surface area contributed by atoms with Crippen molar-refractivity contribution < 1.29 is 36.2 Å². The smallest absolute Gasteiger partial charge is 0.416 e. The van der Waals surface area contributed by atoms with Crippen molar-refractivity contribution in [2.75, 3.05) is 0 Å². The van der Waals surface area contributed by atoms with Gasteiger partial charge >= 0.3 is 12.1 Å². The lowest BCUT2D eigenvalue weighted by Gasteiger charge is -2.47. The summed E-state index contributed by atoms with van der Waals surface area (Å²) >= 11 is 0. The molecule has 0 amide bonds. The predicted octanol–water partition coefficient (Wildman–Crippen LogP) is 4.44. The molecule has 0 aromatic heterocycles. The first-order valence-corrected chi connectivity index (χ1v) is 8.17. The first-order chi connectivity index (χ1) is 12.9. The first kappa shape index (κ1) is 21.6. The number of aliphatic carboxylic acids is 1. The molecule has 1 aromatic rings. The summed E-state index contributed by atoms with van der Waals surface area (Å²) in [6.07, 6.45) is -8.83. The Hall–Kier alpha value is -2.70. The van der Waals surface area contributed by atoms with Gasteiger partial charge in [0.25, 0.3) is 6.43 Å². The van der Waals surface area contributed by atoms with Gasteiger partial charge in [-0.3, -0.25) is 4.79 Å². The summed E-state index contributed by atoms with van der Waals surface area (Å²) in [5.41, 5.74) is -5.27. The zero-order chi connectivity index (χ0) is 21.4. The van der Waals surface area contributed by atoms with E-state index in [0.717, 1.165) is 0 Å². The molecule has 1 aliphatic heterocycles. The van der Waals surface area contributed by atoms with Gasteiger partial charge in [0.05, 0.1) is 17.2 Å². The van der Waals surface area contributed by atoms with Gasteiger partial charge in [-0.1, -0.05) is 13.0 Å². The average Bonchev–Trinajstić information content (AvgIpc) is 2.59. The molecule has 0 saturated heterocycles. The van der Waals surface area contributed by atoms with Gasteiger partial charge in [0.15, 0.2) is 0 Å². The topological polar surface area (TPSA) is 73.1 Å². The van der Waals surface area contributed by atoms with Crippen LogP contribution in [-0.4, -0.2) is 23.5 Å². The molecule has 0 bridgehead atoms. The summed E-state index contributed by atoms with van der Waals surface area (Å²) in [5, 5.41) is 21.6. The maximum Gasteiger partial charge on any atom is 0.416 e. The van der Waals surface area contributed by atoms with Gasteiger partial charge in [0.1, 0.15) is 17.3 Å². The zero-order valence-corrected chi connectivity index (χ0v) is 14.7. The fourth-order valence-electron chi connectivity index (χ4n) is 3.82. The van der Waals surface area contributed by atoms with Gasteiger partial charge < -0.3 is 10.4 Å². The van der Waals surface area contributed by atoms with Crippen LogP contribution < -0.4 is 5.32 Å². The Bertz CT molecular complexity index is 859. The van der Waals surface area contributed by atoms with Crippen molar-refractivity contribution in [1.29, 1.82) is 5.26 Å². The number of benzene rings is 1. The highest BCUT2D eigenvalue weighted by Gasteiger charge is 2.59. The Morgan fingerprint density at radius 3 is 2.43 bits per heavy atom. The molecule has 0 fully saturated rings. The van der Waals surface area contributed by atoms with Crippen molar-refractivity contribution in [2.45, 2.75) is 44.8 Å². The number of nitrogens with one attached hydrogen (secondary N) is 1. The van der Waals surface area contributed by atoms with E-state index >= 15 is 0 Å². The molecular weight excluding hydrogens is 390 g/mol. The van der Waals surface area contributed by atoms with Gasteiger partial charge in [-0.2, -0.15) is 18.4 Å². The number of carbonyl (C=O) groups is 1. The van der Waals surface area contributed by atoms with Crippen LogP contribution in [0.3, 0.4) is 0 Å². The van der Waals surface area contributed by atoms with Crippen LogP contribution in [-0.2, 0) is 11.0 Å². The van der Waals surface area contributed by atoms with E-state index in [2.05, 4.69) is 5.32 Å². The number of allylic oxidation sites excluding steroid dienone is 2. The molecule has 1 aromatic carbocycles. The molecule has 3 atom stereocenters. The fraction of sp³-hybridized carbons (Fsp3) is 0.444. The van der Waals surface area contributed by atoms with Gasteiger partial charge in [-0.25, -0.2) is 13.2 Å². The third-order valence-electron chi connectivity index (χ3n) is 5.12. The molecule has 0 saturated carbocycles. The Morgan fingerprint density at radius 2 is 2.00 bits per heavy atom. The van der Waals surface area contributed by atoms with Crippen LogP contribution in [0.1, 0.15) is 37.3 Å². The van der Waals surface area contributed by atoms with Crippen LogP contribution >= 0.6 is 0 Å². The van der Waals surface area contributed by atoms with E-state index in [1.165, 1.54) is 13.8 Å². The second kappa shape index (κ2) is 7.37. The van der Waals surface area contributed by atoms with Crippen LogP contribution in [0.2, 0.25) is 0 Å². The normalized spacial score (nSPS) is 25.4. The number of alkyl halides is 5. The van der Waals surface area contributed by atoms with E-state index in [4.69, 9.17) is 0 Å². The lowest BCUT2D eigenvalue weighted by molar-refractivity contribution is -0.157. The van der Waals surface area contributed by atoms with Crippen molar-refractivity contribution in [2.24, 2.45) is 5.41 Å². The quantitative estimate of drug-likeness (QED) is 0.725. The molecule has 2 N–H and O–H groups in total. The zero-order valence-electron chi connectivity index (χ0n) is 14.7. The molecule has 3 unspecified atom stereocenters. The van der Waals surface area contributed by atoms with E-state index in [-0.39, 0.29) is 11.8 Å². The van der Waals surface area contributed by atoms with Crippen LogP contribution in [0.4, 0.5) is 26.3 Å². The lowest BCUT2D eigenvalue weighted by atomic mass is 9.60. The Labute approximate surface area is 156 Å². The number of hydrogen-bond donors (Lipinski definition) is 2. The third-order valence-corrected chi connectivity index (χ3v) is 5.12. The molecule has 10 heteroatoms. The second-order valence-electron chi connectivity index (χ2n) is 6.47. The maximum absolute atomic E-state index is 13.7. The molecule has 0 aliphatic carbocycles. The molecule has 28 heavy (non-hydrogen) atoms. The first-order valence-electron chi connectivity index (χ1n) is 8.17. The van der Waals surface area contributed by atoms with Crippen LogP contribution in [0.25, 0.3) is 0 Å². The molecule has 1 heterocycles. The second-order valence-corrected chi connectivity index (χ2v) is 6.47. The maximum atomic E-state index is 13.7. The standard InChI is InChI=1S/C18H16F6N2O2/c1-3-17(16(27)28)13(11(7-25)8(2)26-14(17)15(20)21)10-5-4-9(19)6-12(10)18(22,23)24/h4-6,13-15,26H,3H2,1-2H3,(H,27,28). The van der Waals surface area contributed by atoms with E-state index in [1.807, 2.05) is 0 Å². The number of nitriles is 1. The minimum atomic E-state index is -5.09. The summed E-state index contributed by atoms with van der Waals surface area (Å²) in [6, 6.07) is 1.14. The number of carboxylic acids is 1. The molecule has 1 aliphatic rings. The van der Waals surface area contributed by atoms with E-state index in [9.17, 15) is 41.5 Å². The lowest BCUT2D eigenvalue weighted by Crippen LogP contribution is -2.59.